The van der Waals surface area contributed by atoms with E-state index >= 15 is 0 Å². The topological polar surface area (TPSA) is 37.4 Å². The van der Waals surface area contributed by atoms with Crippen LogP contribution in [0.5, 0.6) is 0 Å². The molecule has 1 saturated carbocycles. The molecule has 72 valence electrons. The number of fused-ring (bicyclic) bond motifs is 1. The van der Waals surface area contributed by atoms with E-state index in [4.69, 9.17) is 0 Å². The summed E-state index contributed by atoms with van der Waals surface area (Å²) >= 11 is 0. The fourth-order valence-corrected chi connectivity index (χ4v) is 2.92. The number of hydrogen-bond acceptors (Lipinski definition) is 2. The highest BCUT2D eigenvalue weighted by atomic mass is 16.2. The molecule has 13 heavy (non-hydrogen) atoms. The van der Waals surface area contributed by atoms with Crippen LogP contribution in [0.1, 0.15) is 32.6 Å². The van der Waals surface area contributed by atoms with Crippen molar-refractivity contribution in [1.82, 2.24) is 4.90 Å². The van der Waals surface area contributed by atoms with Gasteiger partial charge >= 0.3 is 0 Å². The Kier molecular flexibility index (Phi) is 2.10. The van der Waals surface area contributed by atoms with Crippen molar-refractivity contribution in [2.45, 2.75) is 44.7 Å². The number of amides is 1. The minimum Gasteiger partial charge on any atom is -0.330 e. The van der Waals surface area contributed by atoms with Crippen LogP contribution in [0.4, 0.5) is 0 Å². The number of carbonyl (C=O) groups excluding carboxylic acids is 2. The van der Waals surface area contributed by atoms with E-state index in [0.717, 1.165) is 19.1 Å². The highest BCUT2D eigenvalue weighted by Gasteiger charge is 2.44. The Balaban J connectivity index is 2.19. The van der Waals surface area contributed by atoms with Crippen LogP contribution in [-0.4, -0.2) is 29.2 Å². The summed E-state index contributed by atoms with van der Waals surface area (Å²) in [5.74, 6) is 0.658. The molecular weight excluding hydrogens is 166 g/mol. The van der Waals surface area contributed by atoms with Crippen molar-refractivity contribution >= 4 is 12.2 Å². The average molecular weight is 181 g/mol. The molecule has 3 heteroatoms. The summed E-state index contributed by atoms with van der Waals surface area (Å²) in [6.07, 6.45) is 5.32. The summed E-state index contributed by atoms with van der Waals surface area (Å²) in [6.45, 7) is 1.57. The first-order valence-electron chi connectivity index (χ1n) is 4.98. The van der Waals surface area contributed by atoms with Gasteiger partial charge in [0.25, 0.3) is 0 Å². The maximum absolute atomic E-state index is 11.3. The molecule has 1 aliphatic heterocycles. The zero-order chi connectivity index (χ0) is 9.42. The monoisotopic (exact) mass is 181 g/mol. The Labute approximate surface area is 78.1 Å². The first-order valence-corrected chi connectivity index (χ1v) is 4.98. The van der Waals surface area contributed by atoms with Gasteiger partial charge in [0.1, 0.15) is 6.29 Å². The van der Waals surface area contributed by atoms with Gasteiger partial charge in [-0.05, 0) is 25.2 Å². The lowest BCUT2D eigenvalue weighted by Crippen LogP contribution is -2.40. The lowest BCUT2D eigenvalue weighted by atomic mass is 10.0. The molecule has 3 nitrogen and oxygen atoms in total. The molecule has 1 amide bonds. The van der Waals surface area contributed by atoms with Crippen molar-refractivity contribution in [2.75, 3.05) is 0 Å². The van der Waals surface area contributed by atoms with Crippen molar-refractivity contribution in [3.05, 3.63) is 0 Å². The van der Waals surface area contributed by atoms with E-state index in [2.05, 4.69) is 0 Å². The molecule has 0 N–H and O–H groups in total. The van der Waals surface area contributed by atoms with Crippen LogP contribution < -0.4 is 0 Å². The van der Waals surface area contributed by atoms with E-state index < -0.39 is 0 Å². The third-order valence-corrected chi connectivity index (χ3v) is 3.40. The second-order valence-electron chi connectivity index (χ2n) is 4.12. The largest absolute Gasteiger partial charge is 0.330 e. The van der Waals surface area contributed by atoms with Crippen molar-refractivity contribution in [3.63, 3.8) is 0 Å². The van der Waals surface area contributed by atoms with Crippen LogP contribution in [0, 0.1) is 5.92 Å². The van der Waals surface area contributed by atoms with Gasteiger partial charge in [-0.3, -0.25) is 4.79 Å². The van der Waals surface area contributed by atoms with E-state index in [1.165, 1.54) is 12.8 Å². The summed E-state index contributed by atoms with van der Waals surface area (Å²) in [7, 11) is 0. The summed E-state index contributed by atoms with van der Waals surface area (Å²) in [6, 6.07) is 0.237. The molecule has 0 spiro atoms. The zero-order valence-electron chi connectivity index (χ0n) is 7.90. The Morgan fingerprint density at radius 2 is 2.23 bits per heavy atom. The van der Waals surface area contributed by atoms with Gasteiger partial charge in [-0.2, -0.15) is 0 Å². The quantitative estimate of drug-likeness (QED) is 0.565. The third-order valence-electron chi connectivity index (χ3n) is 3.40. The fourth-order valence-electron chi connectivity index (χ4n) is 2.92. The Hall–Kier alpha value is -0.860. The number of hydrogen-bond donors (Lipinski definition) is 0. The second-order valence-corrected chi connectivity index (χ2v) is 4.12. The molecule has 0 unspecified atom stereocenters. The molecule has 0 aromatic carbocycles. The lowest BCUT2D eigenvalue weighted by Gasteiger charge is -2.25. The van der Waals surface area contributed by atoms with Gasteiger partial charge in [0.15, 0.2) is 0 Å². The predicted molar refractivity (Wildman–Crippen MR) is 48.1 cm³/mol. The minimum absolute atomic E-state index is 0.0616. The molecular formula is C10H15NO2. The number of carbonyl (C=O) groups is 2. The first-order chi connectivity index (χ1) is 6.24. The Bertz CT molecular complexity index is 239. The van der Waals surface area contributed by atoms with Crippen LogP contribution in [0.15, 0.2) is 0 Å². The van der Waals surface area contributed by atoms with Crippen molar-refractivity contribution < 1.29 is 9.59 Å². The van der Waals surface area contributed by atoms with Gasteiger partial charge in [0.2, 0.25) is 5.91 Å². The van der Waals surface area contributed by atoms with Crippen molar-refractivity contribution in [3.8, 4) is 0 Å². The summed E-state index contributed by atoms with van der Waals surface area (Å²) in [4.78, 5) is 23.9. The third kappa shape index (κ3) is 1.26. The average Bonchev–Trinajstić information content (AvgIpc) is 2.59. The van der Waals surface area contributed by atoms with Gasteiger partial charge in [0, 0.05) is 13.0 Å². The van der Waals surface area contributed by atoms with Gasteiger partial charge < -0.3 is 9.69 Å². The number of aldehydes is 1. The molecule has 1 saturated heterocycles. The highest BCUT2D eigenvalue weighted by molar-refractivity contribution is 5.78. The fraction of sp³-hybridized carbons (Fsp3) is 0.800. The Morgan fingerprint density at radius 1 is 1.46 bits per heavy atom. The molecule has 1 aliphatic carbocycles. The number of nitrogens with zero attached hydrogens (tertiary/aromatic N) is 1. The summed E-state index contributed by atoms with van der Waals surface area (Å²) in [5, 5.41) is 0. The van der Waals surface area contributed by atoms with E-state index in [-0.39, 0.29) is 11.9 Å². The van der Waals surface area contributed by atoms with Gasteiger partial charge in [-0.1, -0.05) is 6.42 Å². The highest BCUT2D eigenvalue weighted by Crippen LogP contribution is 2.40. The van der Waals surface area contributed by atoms with Crippen LogP contribution in [0.25, 0.3) is 0 Å². The van der Waals surface area contributed by atoms with Crippen LogP contribution >= 0.6 is 0 Å². The molecule has 0 bridgehead atoms. The number of rotatable bonds is 1. The van der Waals surface area contributed by atoms with Crippen molar-refractivity contribution in [2.24, 2.45) is 5.92 Å². The zero-order valence-corrected chi connectivity index (χ0v) is 7.90. The van der Waals surface area contributed by atoms with Crippen molar-refractivity contribution in [1.29, 1.82) is 0 Å². The molecule has 2 fully saturated rings. The standard InChI is InChI=1S/C10H15NO2/c1-7(13)11-9(6-12)5-8-3-2-4-10(8)11/h6,8-10H,2-5H2,1H3/t8-,9-,10-/m0/s1. The molecule has 1 heterocycles. The first kappa shape index (κ1) is 8.73. The summed E-state index contributed by atoms with van der Waals surface area (Å²) in [5.41, 5.74) is 0. The maximum atomic E-state index is 11.3. The lowest BCUT2D eigenvalue weighted by molar-refractivity contribution is -0.134. The van der Waals surface area contributed by atoms with Crippen LogP contribution in [-0.2, 0) is 9.59 Å². The molecule has 0 aromatic heterocycles. The smallest absolute Gasteiger partial charge is 0.220 e. The minimum atomic E-state index is -0.132. The second kappa shape index (κ2) is 3.13. The molecule has 2 rings (SSSR count). The molecule has 0 radical (unpaired) electrons. The van der Waals surface area contributed by atoms with E-state index in [0.29, 0.717) is 12.0 Å². The molecule has 0 aromatic rings. The Morgan fingerprint density at radius 3 is 2.85 bits per heavy atom. The predicted octanol–water partition coefficient (Wildman–Crippen LogP) is 0.975. The van der Waals surface area contributed by atoms with E-state index in [9.17, 15) is 9.59 Å². The van der Waals surface area contributed by atoms with Gasteiger partial charge in [-0.25, -0.2) is 0 Å². The SMILES string of the molecule is CC(=O)N1[C@H](C=O)C[C@@H]2CCC[C@@H]21. The molecule has 2 aliphatic rings. The van der Waals surface area contributed by atoms with E-state index in [1.807, 2.05) is 0 Å². The van der Waals surface area contributed by atoms with E-state index in [1.54, 1.807) is 11.8 Å². The molecule has 3 atom stereocenters. The van der Waals surface area contributed by atoms with Gasteiger partial charge in [0.05, 0.1) is 6.04 Å². The van der Waals surface area contributed by atoms with Crippen LogP contribution in [0.2, 0.25) is 0 Å². The normalized spacial score (nSPS) is 37.6. The van der Waals surface area contributed by atoms with Crippen LogP contribution in [0.3, 0.4) is 0 Å². The maximum Gasteiger partial charge on any atom is 0.220 e. The number of likely N-dealkylation sites (tertiary alicyclic amines) is 1. The summed E-state index contributed by atoms with van der Waals surface area (Å²) < 4.78 is 0. The van der Waals surface area contributed by atoms with Gasteiger partial charge in [-0.15, -0.1) is 0 Å².